The Morgan fingerprint density at radius 3 is 2.95 bits per heavy atom. The minimum atomic E-state index is -0.268. The molecule has 0 radical (unpaired) electrons. The summed E-state index contributed by atoms with van der Waals surface area (Å²) in [6.45, 7) is 0.737. The van der Waals surface area contributed by atoms with Crippen LogP contribution in [-0.2, 0) is 17.2 Å². The molecule has 0 aliphatic heterocycles. The molecule has 1 amide bonds. The molecule has 0 fully saturated rings. The fourth-order valence-electron chi connectivity index (χ4n) is 1.94. The Morgan fingerprint density at radius 1 is 1.47 bits per heavy atom. The van der Waals surface area contributed by atoms with Gasteiger partial charge in [-0.15, -0.1) is 11.6 Å². The van der Waals surface area contributed by atoms with Gasteiger partial charge in [-0.05, 0) is 34.8 Å². The molecule has 2 N–H and O–H groups in total. The quantitative estimate of drug-likeness (QED) is 0.646. The highest BCUT2D eigenvalue weighted by molar-refractivity contribution is 9.10. The summed E-state index contributed by atoms with van der Waals surface area (Å²) in [4.78, 5) is 19.5. The number of carbonyl (C=O) groups excluding carboxylic acids is 1. The number of fused-ring (bicyclic) bond motifs is 1. The van der Waals surface area contributed by atoms with Gasteiger partial charge >= 0.3 is 0 Å². The van der Waals surface area contributed by atoms with E-state index in [9.17, 15) is 4.79 Å². The SMILES string of the molecule is NC(=O)CCCCn1c(CCl)nc2cc(Br)cnc21. The summed E-state index contributed by atoms with van der Waals surface area (Å²) in [6.07, 6.45) is 3.74. The summed E-state index contributed by atoms with van der Waals surface area (Å²) in [6, 6.07) is 1.91. The number of unbranched alkanes of at least 4 members (excludes halogenated alkanes) is 1. The van der Waals surface area contributed by atoms with Crippen molar-refractivity contribution in [2.24, 2.45) is 5.73 Å². The van der Waals surface area contributed by atoms with Gasteiger partial charge in [-0.1, -0.05) is 0 Å². The van der Waals surface area contributed by atoms with E-state index in [1.165, 1.54) is 0 Å². The second-order valence-corrected chi connectivity index (χ2v) is 5.42. The molecule has 5 nitrogen and oxygen atoms in total. The van der Waals surface area contributed by atoms with Crippen molar-refractivity contribution in [2.75, 3.05) is 0 Å². The molecule has 2 aromatic rings. The number of alkyl halides is 1. The highest BCUT2D eigenvalue weighted by atomic mass is 79.9. The van der Waals surface area contributed by atoms with Crippen LogP contribution in [0, 0.1) is 0 Å². The van der Waals surface area contributed by atoms with Crippen LogP contribution in [0.1, 0.15) is 25.1 Å². The van der Waals surface area contributed by atoms with Gasteiger partial charge in [0.05, 0.1) is 5.88 Å². The van der Waals surface area contributed by atoms with Crippen molar-refractivity contribution in [3.05, 3.63) is 22.6 Å². The number of halogens is 2. The third-order valence-electron chi connectivity index (χ3n) is 2.81. The van der Waals surface area contributed by atoms with E-state index in [-0.39, 0.29) is 5.91 Å². The number of rotatable bonds is 6. The van der Waals surface area contributed by atoms with Crippen LogP contribution in [-0.4, -0.2) is 20.4 Å². The molecule has 0 spiro atoms. The van der Waals surface area contributed by atoms with Crippen molar-refractivity contribution in [1.29, 1.82) is 0 Å². The van der Waals surface area contributed by atoms with Gasteiger partial charge in [-0.3, -0.25) is 4.79 Å². The summed E-state index contributed by atoms with van der Waals surface area (Å²) >= 11 is 9.28. The molecule has 7 heteroatoms. The van der Waals surface area contributed by atoms with Gasteiger partial charge in [-0.25, -0.2) is 9.97 Å². The van der Waals surface area contributed by atoms with E-state index < -0.39 is 0 Å². The lowest BCUT2D eigenvalue weighted by Gasteiger charge is -2.06. The number of primary amides is 1. The number of carbonyl (C=O) groups is 1. The molecule has 0 atom stereocenters. The van der Waals surface area contributed by atoms with Crippen molar-refractivity contribution in [2.45, 2.75) is 31.7 Å². The topological polar surface area (TPSA) is 73.8 Å². The monoisotopic (exact) mass is 344 g/mol. The Labute approximate surface area is 124 Å². The van der Waals surface area contributed by atoms with Crippen LogP contribution < -0.4 is 5.73 Å². The van der Waals surface area contributed by atoms with Gasteiger partial charge in [0.25, 0.3) is 0 Å². The van der Waals surface area contributed by atoms with Crippen LogP contribution in [0.5, 0.6) is 0 Å². The standard InChI is InChI=1S/C12H14BrClN4O/c13-8-5-9-12(16-7-8)18(11(6-14)17-9)4-2-1-3-10(15)19/h5,7H,1-4,6H2,(H2,15,19). The Morgan fingerprint density at radius 2 is 2.26 bits per heavy atom. The zero-order valence-corrected chi connectivity index (χ0v) is 12.6. The van der Waals surface area contributed by atoms with Gasteiger partial charge < -0.3 is 10.3 Å². The first kappa shape index (κ1) is 14.3. The zero-order valence-electron chi connectivity index (χ0n) is 10.3. The molecule has 2 aromatic heterocycles. The molecule has 2 rings (SSSR count). The molecular weight excluding hydrogens is 332 g/mol. The average molecular weight is 346 g/mol. The predicted octanol–water partition coefficient (Wildman–Crippen LogP) is 2.59. The highest BCUT2D eigenvalue weighted by Crippen LogP contribution is 2.20. The molecule has 0 aliphatic rings. The molecule has 2 heterocycles. The van der Waals surface area contributed by atoms with Crippen LogP contribution in [0.4, 0.5) is 0 Å². The number of hydrogen-bond acceptors (Lipinski definition) is 3. The number of amides is 1. The number of hydrogen-bond donors (Lipinski definition) is 1. The molecule has 102 valence electrons. The Bertz CT molecular complexity index is 599. The maximum Gasteiger partial charge on any atom is 0.217 e. The van der Waals surface area contributed by atoms with E-state index in [4.69, 9.17) is 17.3 Å². The highest BCUT2D eigenvalue weighted by Gasteiger charge is 2.11. The van der Waals surface area contributed by atoms with Crippen molar-refractivity contribution in [3.63, 3.8) is 0 Å². The van der Waals surface area contributed by atoms with Crippen LogP contribution in [0.2, 0.25) is 0 Å². The van der Waals surface area contributed by atoms with Gasteiger partial charge in [0, 0.05) is 23.6 Å². The van der Waals surface area contributed by atoms with Crippen molar-refractivity contribution < 1.29 is 4.79 Å². The Hall–Kier alpha value is -1.14. The molecule has 0 aromatic carbocycles. The lowest BCUT2D eigenvalue weighted by Crippen LogP contribution is -2.10. The Kier molecular flexibility index (Phi) is 4.76. The number of pyridine rings is 1. The van der Waals surface area contributed by atoms with Gasteiger partial charge in [0.2, 0.25) is 5.91 Å². The van der Waals surface area contributed by atoms with Gasteiger partial charge in [0.1, 0.15) is 11.3 Å². The maximum absolute atomic E-state index is 10.7. The smallest absolute Gasteiger partial charge is 0.217 e. The molecule has 0 saturated carbocycles. The van der Waals surface area contributed by atoms with Crippen molar-refractivity contribution >= 4 is 44.6 Å². The molecular formula is C12H14BrClN4O. The summed E-state index contributed by atoms with van der Waals surface area (Å²) < 4.78 is 2.88. The number of nitrogens with two attached hydrogens (primary N) is 1. The van der Waals surface area contributed by atoms with E-state index in [0.29, 0.717) is 12.3 Å². The first-order chi connectivity index (χ1) is 9.11. The summed E-state index contributed by atoms with van der Waals surface area (Å²) in [5, 5.41) is 0. The summed E-state index contributed by atoms with van der Waals surface area (Å²) in [5.74, 6) is 0.862. The molecule has 0 bridgehead atoms. The number of imidazole rings is 1. The first-order valence-corrected chi connectivity index (χ1v) is 7.29. The minimum Gasteiger partial charge on any atom is -0.370 e. The minimum absolute atomic E-state index is 0.268. The van der Waals surface area contributed by atoms with E-state index >= 15 is 0 Å². The van der Waals surface area contributed by atoms with Crippen molar-refractivity contribution in [1.82, 2.24) is 14.5 Å². The number of aromatic nitrogens is 3. The predicted molar refractivity (Wildman–Crippen MR) is 77.8 cm³/mol. The largest absolute Gasteiger partial charge is 0.370 e. The second-order valence-electron chi connectivity index (χ2n) is 4.23. The van der Waals surface area contributed by atoms with E-state index in [1.54, 1.807) is 6.20 Å². The van der Waals surface area contributed by atoms with E-state index in [0.717, 1.165) is 40.8 Å². The van der Waals surface area contributed by atoms with Crippen LogP contribution in [0.25, 0.3) is 11.2 Å². The molecule has 0 saturated heterocycles. The first-order valence-electron chi connectivity index (χ1n) is 5.96. The van der Waals surface area contributed by atoms with Crippen LogP contribution in [0.15, 0.2) is 16.7 Å². The normalized spacial score (nSPS) is 11.1. The maximum atomic E-state index is 10.7. The third kappa shape index (κ3) is 3.45. The van der Waals surface area contributed by atoms with E-state index in [2.05, 4.69) is 25.9 Å². The molecule has 0 unspecified atom stereocenters. The van der Waals surface area contributed by atoms with Gasteiger partial charge in [0.15, 0.2) is 5.65 Å². The van der Waals surface area contributed by atoms with E-state index in [1.807, 2.05) is 10.6 Å². The van der Waals surface area contributed by atoms with Gasteiger partial charge in [-0.2, -0.15) is 0 Å². The fraction of sp³-hybridized carbons (Fsp3) is 0.417. The lowest BCUT2D eigenvalue weighted by molar-refractivity contribution is -0.118. The molecule has 0 aliphatic carbocycles. The molecule has 19 heavy (non-hydrogen) atoms. The summed E-state index contributed by atoms with van der Waals surface area (Å²) in [7, 11) is 0. The van der Waals surface area contributed by atoms with Crippen LogP contribution in [0.3, 0.4) is 0 Å². The number of nitrogens with zero attached hydrogens (tertiary/aromatic N) is 3. The number of aryl methyl sites for hydroxylation is 1. The third-order valence-corrected chi connectivity index (χ3v) is 3.48. The fourth-order valence-corrected chi connectivity index (χ4v) is 2.46. The average Bonchev–Trinajstić information content (AvgIpc) is 2.71. The van der Waals surface area contributed by atoms with Crippen molar-refractivity contribution in [3.8, 4) is 0 Å². The second kappa shape index (κ2) is 6.34. The zero-order chi connectivity index (χ0) is 13.8. The lowest BCUT2D eigenvalue weighted by atomic mass is 10.2. The Balaban J connectivity index is 2.18. The van der Waals surface area contributed by atoms with Crippen LogP contribution >= 0.6 is 27.5 Å². The summed E-state index contributed by atoms with van der Waals surface area (Å²) in [5.41, 5.74) is 6.76.